The van der Waals surface area contributed by atoms with Gasteiger partial charge in [0.1, 0.15) is 6.10 Å². The molecule has 0 saturated carbocycles. The Hall–Kier alpha value is -1.92. The molecule has 0 spiro atoms. The summed E-state index contributed by atoms with van der Waals surface area (Å²) in [4.78, 5) is 24.1. The summed E-state index contributed by atoms with van der Waals surface area (Å²) in [5.74, 6) is -0.558. The fraction of sp³-hybridized carbons (Fsp3) is 0.583. The fourth-order valence-electron chi connectivity index (χ4n) is 2.58. The zero-order chi connectivity index (χ0) is 22.8. The molecule has 1 aromatic carbocycles. The molecule has 0 saturated heterocycles. The monoisotopic (exact) mass is 434 g/mol. The van der Waals surface area contributed by atoms with Gasteiger partial charge in [0.25, 0.3) is 0 Å². The number of hydrogen-bond acceptors (Lipinski definition) is 5. The first kappa shape index (κ1) is 26.1. The van der Waals surface area contributed by atoms with Gasteiger partial charge in [0.2, 0.25) is 0 Å². The van der Waals surface area contributed by atoms with Gasteiger partial charge in [-0.05, 0) is 50.5 Å². The highest BCUT2D eigenvalue weighted by Crippen LogP contribution is 2.38. The summed E-state index contributed by atoms with van der Waals surface area (Å²) in [5, 5.41) is 0.0593. The highest BCUT2D eigenvalue weighted by atomic mass is 28.4. The number of benzene rings is 1. The lowest BCUT2D eigenvalue weighted by atomic mass is 10.1. The molecule has 0 heterocycles. The standard InChI is InChI=1S/C24H38O5Si/c1-8-27-22(25)18-21(29-30(6,7)24(3,4)5)17-13-12-14-19(2)28-23(26)20-15-10-9-11-16-20/h9-13,15-16,19,21H,8,14,17-18H2,1-7H3/b13-12+/t19-,21-/m1/s1. The predicted octanol–water partition coefficient (Wildman–Crippen LogP) is 5.91. The molecule has 30 heavy (non-hydrogen) atoms. The Kier molecular flexibility index (Phi) is 10.5. The van der Waals surface area contributed by atoms with Crippen LogP contribution in [0.15, 0.2) is 42.5 Å². The molecule has 0 fully saturated rings. The van der Waals surface area contributed by atoms with Gasteiger partial charge in [-0.15, -0.1) is 0 Å². The molecule has 5 nitrogen and oxygen atoms in total. The maximum atomic E-state index is 12.1. The Morgan fingerprint density at radius 1 is 1.07 bits per heavy atom. The molecule has 0 bridgehead atoms. The van der Waals surface area contributed by atoms with E-state index in [2.05, 4.69) is 33.9 Å². The van der Waals surface area contributed by atoms with Crippen LogP contribution in [0.4, 0.5) is 0 Å². The SMILES string of the molecule is CCOC(=O)C[C@@H](C/C=C/C[C@@H](C)OC(=O)c1ccccc1)O[Si](C)(C)C(C)(C)C. The number of carbonyl (C=O) groups excluding carboxylic acids is 2. The Labute approximate surface area is 182 Å². The van der Waals surface area contributed by atoms with Crippen LogP contribution in [-0.2, 0) is 18.7 Å². The predicted molar refractivity (Wildman–Crippen MR) is 123 cm³/mol. The number of esters is 2. The number of rotatable bonds is 11. The second-order valence-corrected chi connectivity index (χ2v) is 13.8. The zero-order valence-electron chi connectivity index (χ0n) is 19.6. The molecule has 0 aliphatic rings. The van der Waals surface area contributed by atoms with Crippen LogP contribution in [0.3, 0.4) is 0 Å². The van der Waals surface area contributed by atoms with Crippen LogP contribution in [0, 0.1) is 0 Å². The van der Waals surface area contributed by atoms with Crippen LogP contribution in [-0.4, -0.2) is 39.1 Å². The van der Waals surface area contributed by atoms with Gasteiger partial charge >= 0.3 is 11.9 Å². The van der Waals surface area contributed by atoms with Crippen LogP contribution in [0.2, 0.25) is 18.1 Å². The van der Waals surface area contributed by atoms with Gasteiger partial charge in [0.05, 0.1) is 24.7 Å². The summed E-state index contributed by atoms with van der Waals surface area (Å²) in [6.07, 6.45) is 4.99. The minimum absolute atomic E-state index is 0.0593. The van der Waals surface area contributed by atoms with Crippen molar-refractivity contribution in [3.8, 4) is 0 Å². The van der Waals surface area contributed by atoms with Crippen molar-refractivity contribution in [2.24, 2.45) is 0 Å². The second-order valence-electron chi connectivity index (χ2n) is 9.03. The fourth-order valence-corrected chi connectivity index (χ4v) is 3.95. The summed E-state index contributed by atoms with van der Waals surface area (Å²) < 4.78 is 17.0. The maximum absolute atomic E-state index is 12.1. The van der Waals surface area contributed by atoms with Gasteiger partial charge in [-0.2, -0.15) is 0 Å². The van der Waals surface area contributed by atoms with E-state index in [1.165, 1.54) is 0 Å². The third-order valence-corrected chi connectivity index (χ3v) is 9.85. The van der Waals surface area contributed by atoms with Crippen molar-refractivity contribution >= 4 is 20.3 Å². The Morgan fingerprint density at radius 3 is 2.23 bits per heavy atom. The van der Waals surface area contributed by atoms with Crippen molar-refractivity contribution in [3.05, 3.63) is 48.0 Å². The summed E-state index contributed by atoms with van der Waals surface area (Å²) in [6, 6.07) is 8.97. The van der Waals surface area contributed by atoms with Crippen molar-refractivity contribution in [3.63, 3.8) is 0 Å². The van der Waals surface area contributed by atoms with Gasteiger partial charge < -0.3 is 13.9 Å². The molecule has 0 aliphatic heterocycles. The average Bonchev–Trinajstić information content (AvgIpc) is 2.64. The third kappa shape index (κ3) is 9.26. The number of ether oxygens (including phenoxy) is 2. The lowest BCUT2D eigenvalue weighted by Gasteiger charge is -2.39. The minimum atomic E-state index is -2.01. The van der Waals surface area contributed by atoms with Crippen LogP contribution in [0.5, 0.6) is 0 Å². The van der Waals surface area contributed by atoms with Crippen molar-refractivity contribution in [2.75, 3.05) is 6.61 Å². The topological polar surface area (TPSA) is 61.8 Å². The quantitative estimate of drug-likeness (QED) is 0.246. The molecule has 0 radical (unpaired) electrons. The van der Waals surface area contributed by atoms with Crippen LogP contribution in [0.25, 0.3) is 0 Å². The van der Waals surface area contributed by atoms with Gasteiger partial charge in [0, 0.05) is 6.42 Å². The maximum Gasteiger partial charge on any atom is 0.338 e. The average molecular weight is 435 g/mol. The van der Waals surface area contributed by atoms with E-state index in [9.17, 15) is 9.59 Å². The first-order valence-corrected chi connectivity index (χ1v) is 13.6. The van der Waals surface area contributed by atoms with Crippen LogP contribution >= 0.6 is 0 Å². The normalized spacial score (nSPS) is 14.4. The van der Waals surface area contributed by atoms with Gasteiger partial charge in [-0.1, -0.05) is 51.1 Å². The Balaban J connectivity index is 2.62. The molecule has 6 heteroatoms. The molecule has 0 N–H and O–H groups in total. The molecule has 0 amide bonds. The molecular formula is C24H38O5Si. The highest BCUT2D eigenvalue weighted by Gasteiger charge is 2.39. The minimum Gasteiger partial charge on any atom is -0.466 e. The Bertz CT molecular complexity index is 691. The van der Waals surface area contributed by atoms with E-state index in [0.29, 0.717) is 25.0 Å². The highest BCUT2D eigenvalue weighted by molar-refractivity contribution is 6.74. The van der Waals surface area contributed by atoms with E-state index in [4.69, 9.17) is 13.9 Å². The molecule has 0 unspecified atom stereocenters. The summed E-state index contributed by atoms with van der Waals surface area (Å²) in [5.41, 5.74) is 0.547. The summed E-state index contributed by atoms with van der Waals surface area (Å²) in [7, 11) is -2.01. The molecular weight excluding hydrogens is 396 g/mol. The number of carbonyl (C=O) groups is 2. The van der Waals surface area contributed by atoms with E-state index < -0.39 is 8.32 Å². The number of hydrogen-bond donors (Lipinski definition) is 0. The first-order chi connectivity index (χ1) is 14.0. The second kappa shape index (κ2) is 12.1. The van der Waals surface area contributed by atoms with E-state index in [-0.39, 0.29) is 35.6 Å². The summed E-state index contributed by atoms with van der Waals surface area (Å²) >= 11 is 0. The van der Waals surface area contributed by atoms with E-state index in [1.54, 1.807) is 19.1 Å². The largest absolute Gasteiger partial charge is 0.466 e. The lowest BCUT2D eigenvalue weighted by Crippen LogP contribution is -2.44. The van der Waals surface area contributed by atoms with E-state index in [1.807, 2.05) is 37.3 Å². The van der Waals surface area contributed by atoms with E-state index in [0.717, 1.165) is 0 Å². The lowest BCUT2D eigenvalue weighted by molar-refractivity contribution is -0.145. The van der Waals surface area contributed by atoms with Crippen molar-refractivity contribution in [1.82, 2.24) is 0 Å². The first-order valence-electron chi connectivity index (χ1n) is 10.7. The third-order valence-electron chi connectivity index (χ3n) is 5.32. The summed E-state index contributed by atoms with van der Waals surface area (Å²) in [6.45, 7) is 14.9. The van der Waals surface area contributed by atoms with Crippen molar-refractivity contribution in [2.45, 2.75) is 84.2 Å². The van der Waals surface area contributed by atoms with Gasteiger partial charge in [-0.25, -0.2) is 4.79 Å². The molecule has 1 rings (SSSR count). The van der Waals surface area contributed by atoms with Crippen LogP contribution in [0.1, 0.15) is 64.2 Å². The molecule has 0 aromatic heterocycles. The molecule has 1 aromatic rings. The van der Waals surface area contributed by atoms with Gasteiger partial charge in [0.15, 0.2) is 8.32 Å². The Morgan fingerprint density at radius 2 is 1.67 bits per heavy atom. The van der Waals surface area contributed by atoms with Crippen molar-refractivity contribution < 1.29 is 23.5 Å². The van der Waals surface area contributed by atoms with Gasteiger partial charge in [-0.3, -0.25) is 4.79 Å². The zero-order valence-corrected chi connectivity index (χ0v) is 20.6. The van der Waals surface area contributed by atoms with Crippen molar-refractivity contribution in [1.29, 1.82) is 0 Å². The van der Waals surface area contributed by atoms with E-state index >= 15 is 0 Å². The molecule has 0 aliphatic carbocycles. The van der Waals surface area contributed by atoms with Crippen LogP contribution < -0.4 is 0 Å². The molecule has 168 valence electrons. The molecule has 2 atom stereocenters. The smallest absolute Gasteiger partial charge is 0.338 e.